The normalized spacial score (nSPS) is 20.7. The van der Waals surface area contributed by atoms with Crippen LogP contribution in [0.15, 0.2) is 54.2 Å². The van der Waals surface area contributed by atoms with E-state index in [9.17, 15) is 19.2 Å². The maximum atomic E-state index is 13.0. The minimum Gasteiger partial charge on any atom is -0.489 e. The van der Waals surface area contributed by atoms with Gasteiger partial charge in [-0.15, -0.1) is 0 Å². The Bertz CT molecular complexity index is 1170. The lowest BCUT2D eigenvalue weighted by Crippen LogP contribution is -2.52. The first-order valence-electron chi connectivity index (χ1n) is 13.3. The number of hydrogen-bond donors (Lipinski definition) is 2. The van der Waals surface area contributed by atoms with Crippen LogP contribution in [0.5, 0.6) is 5.75 Å². The molecule has 0 saturated carbocycles. The minimum atomic E-state index is -0.671. The molecule has 1 aromatic carbocycles. The van der Waals surface area contributed by atoms with E-state index in [0.29, 0.717) is 29.9 Å². The number of ether oxygens (including phenoxy) is 1. The number of benzene rings is 1. The lowest BCUT2D eigenvalue weighted by atomic mass is 10.0. The average Bonchev–Trinajstić information content (AvgIpc) is 3.25. The molecule has 1 atom stereocenters. The van der Waals surface area contributed by atoms with Gasteiger partial charge in [-0.2, -0.15) is 0 Å². The number of amides is 4. The zero-order chi connectivity index (χ0) is 27.1. The molecule has 1 unspecified atom stereocenters. The van der Waals surface area contributed by atoms with Crippen molar-refractivity contribution in [2.75, 3.05) is 32.8 Å². The van der Waals surface area contributed by atoms with Crippen LogP contribution < -0.4 is 15.4 Å². The van der Waals surface area contributed by atoms with Gasteiger partial charge in [0, 0.05) is 36.2 Å². The van der Waals surface area contributed by atoms with Crippen LogP contribution in [0.25, 0.3) is 0 Å². The number of piperidine rings is 2. The summed E-state index contributed by atoms with van der Waals surface area (Å²) in [5, 5.41) is 5.28. The Labute approximate surface area is 223 Å². The second-order valence-corrected chi connectivity index (χ2v) is 9.97. The van der Waals surface area contributed by atoms with E-state index in [2.05, 4.69) is 22.1 Å². The van der Waals surface area contributed by atoms with Gasteiger partial charge in [-0.3, -0.25) is 24.5 Å². The number of carbonyl (C=O) groups is 4. The molecule has 3 heterocycles. The summed E-state index contributed by atoms with van der Waals surface area (Å²) in [5.74, 6) is -0.581. The molecule has 3 aliphatic heterocycles. The largest absolute Gasteiger partial charge is 0.489 e. The topological polar surface area (TPSA) is 108 Å². The summed E-state index contributed by atoms with van der Waals surface area (Å²) < 4.78 is 6.03. The maximum Gasteiger partial charge on any atom is 0.255 e. The predicted octanol–water partition coefficient (Wildman–Crippen LogP) is 2.49. The summed E-state index contributed by atoms with van der Waals surface area (Å²) in [5.41, 5.74) is 2.60. The number of fused-ring (bicyclic) bond motifs is 1. The molecule has 3 aliphatic rings. The van der Waals surface area contributed by atoms with Crippen LogP contribution in [0, 0.1) is 0 Å². The Morgan fingerprint density at radius 2 is 1.97 bits per heavy atom. The Kier molecular flexibility index (Phi) is 9.12. The molecule has 4 rings (SSSR count). The number of rotatable bonds is 10. The number of allylic oxidation sites excluding steroid dienone is 2. The van der Waals surface area contributed by atoms with Crippen LogP contribution in [-0.4, -0.2) is 72.3 Å². The fourth-order valence-corrected chi connectivity index (χ4v) is 5.01. The van der Waals surface area contributed by atoms with Crippen molar-refractivity contribution < 1.29 is 23.9 Å². The third kappa shape index (κ3) is 6.58. The van der Waals surface area contributed by atoms with Gasteiger partial charge in [0.25, 0.3) is 11.8 Å². The smallest absolute Gasteiger partial charge is 0.255 e. The van der Waals surface area contributed by atoms with Crippen molar-refractivity contribution >= 4 is 23.6 Å². The Morgan fingerprint density at radius 3 is 2.71 bits per heavy atom. The van der Waals surface area contributed by atoms with Crippen LogP contribution >= 0.6 is 0 Å². The SMILES string of the molecule is C=C/C(=C\C=C(/C)COc1cccc2c1CN(C1CCC(=O)NC1=O)C2=O)C(=O)NCCN1CCCCC1. The van der Waals surface area contributed by atoms with Gasteiger partial charge in [-0.25, -0.2) is 0 Å². The zero-order valence-electron chi connectivity index (χ0n) is 22.0. The standard InChI is InChI=1S/C29H36N4O5/c1-3-21(27(35)30-14-17-32-15-5-4-6-16-32)11-10-20(2)19-38-25-9-7-8-22-23(25)18-33(29(22)37)24-12-13-26(34)31-28(24)36/h3,7-11,24H,1,4-6,12-19H2,2H3,(H,30,35)(H,31,34,36)/b20-10+,21-11+. The van der Waals surface area contributed by atoms with Crippen molar-refractivity contribution in [3.63, 3.8) is 0 Å². The third-order valence-corrected chi connectivity index (χ3v) is 7.19. The van der Waals surface area contributed by atoms with Gasteiger partial charge in [0.15, 0.2) is 0 Å². The first-order valence-corrected chi connectivity index (χ1v) is 13.3. The summed E-state index contributed by atoms with van der Waals surface area (Å²) in [7, 11) is 0. The summed E-state index contributed by atoms with van der Waals surface area (Å²) in [4.78, 5) is 53.2. The number of imide groups is 1. The van der Waals surface area contributed by atoms with Gasteiger partial charge in [0.05, 0.1) is 6.54 Å². The fourth-order valence-electron chi connectivity index (χ4n) is 5.01. The van der Waals surface area contributed by atoms with Crippen LogP contribution in [0.3, 0.4) is 0 Å². The molecule has 2 saturated heterocycles. The van der Waals surface area contributed by atoms with Crippen molar-refractivity contribution in [1.82, 2.24) is 20.4 Å². The van der Waals surface area contributed by atoms with Crippen molar-refractivity contribution in [3.05, 3.63) is 65.3 Å². The van der Waals surface area contributed by atoms with E-state index in [1.54, 1.807) is 30.4 Å². The highest BCUT2D eigenvalue weighted by atomic mass is 16.5. The number of nitrogens with one attached hydrogen (secondary N) is 2. The van der Waals surface area contributed by atoms with E-state index < -0.39 is 11.9 Å². The Balaban J connectivity index is 1.32. The highest BCUT2D eigenvalue weighted by molar-refractivity contribution is 6.05. The first-order chi connectivity index (χ1) is 18.4. The van der Waals surface area contributed by atoms with Gasteiger partial charge in [-0.05, 0) is 63.1 Å². The molecule has 0 aromatic heterocycles. The van der Waals surface area contributed by atoms with Gasteiger partial charge in [-0.1, -0.05) is 31.2 Å². The number of likely N-dealkylation sites (tertiary alicyclic amines) is 1. The molecule has 1 aromatic rings. The number of nitrogens with zero attached hydrogens (tertiary/aromatic N) is 2. The molecule has 0 aliphatic carbocycles. The first kappa shape index (κ1) is 27.3. The average molecular weight is 521 g/mol. The fraction of sp³-hybridized carbons (Fsp3) is 0.448. The van der Waals surface area contributed by atoms with Crippen LogP contribution in [0.4, 0.5) is 0 Å². The second-order valence-electron chi connectivity index (χ2n) is 9.97. The lowest BCUT2D eigenvalue weighted by Gasteiger charge is -2.29. The van der Waals surface area contributed by atoms with E-state index in [-0.39, 0.29) is 37.3 Å². The molecule has 0 spiro atoms. The van der Waals surface area contributed by atoms with Crippen molar-refractivity contribution in [2.45, 2.75) is 51.6 Å². The Morgan fingerprint density at radius 1 is 1.18 bits per heavy atom. The van der Waals surface area contributed by atoms with Crippen LogP contribution in [0.1, 0.15) is 54.9 Å². The van der Waals surface area contributed by atoms with Gasteiger partial charge >= 0.3 is 0 Å². The molecule has 0 bridgehead atoms. The van der Waals surface area contributed by atoms with E-state index in [1.807, 2.05) is 13.0 Å². The monoisotopic (exact) mass is 520 g/mol. The van der Waals surface area contributed by atoms with Crippen molar-refractivity contribution in [3.8, 4) is 5.75 Å². The van der Waals surface area contributed by atoms with Gasteiger partial charge in [0.1, 0.15) is 18.4 Å². The third-order valence-electron chi connectivity index (χ3n) is 7.19. The van der Waals surface area contributed by atoms with E-state index in [0.717, 1.165) is 30.8 Å². The van der Waals surface area contributed by atoms with E-state index in [1.165, 1.54) is 24.2 Å². The molecular formula is C29H36N4O5. The summed E-state index contributed by atoms with van der Waals surface area (Å²) in [6.07, 6.45) is 9.34. The highest BCUT2D eigenvalue weighted by Crippen LogP contribution is 2.33. The molecule has 2 N–H and O–H groups in total. The van der Waals surface area contributed by atoms with Crippen LogP contribution in [0.2, 0.25) is 0 Å². The van der Waals surface area contributed by atoms with Crippen molar-refractivity contribution in [2.24, 2.45) is 0 Å². The van der Waals surface area contributed by atoms with E-state index in [4.69, 9.17) is 4.74 Å². The van der Waals surface area contributed by atoms with Gasteiger partial charge < -0.3 is 19.9 Å². The molecule has 38 heavy (non-hydrogen) atoms. The highest BCUT2D eigenvalue weighted by Gasteiger charge is 2.40. The minimum absolute atomic E-state index is 0.157. The van der Waals surface area contributed by atoms with E-state index >= 15 is 0 Å². The van der Waals surface area contributed by atoms with Crippen LogP contribution in [-0.2, 0) is 20.9 Å². The van der Waals surface area contributed by atoms with Gasteiger partial charge in [0.2, 0.25) is 11.8 Å². The lowest BCUT2D eigenvalue weighted by molar-refractivity contribution is -0.137. The summed E-state index contributed by atoms with van der Waals surface area (Å²) in [6, 6.07) is 4.61. The summed E-state index contributed by atoms with van der Waals surface area (Å²) >= 11 is 0. The molecular weight excluding hydrogens is 484 g/mol. The molecule has 0 radical (unpaired) electrons. The molecule has 9 nitrogen and oxygen atoms in total. The maximum absolute atomic E-state index is 13.0. The predicted molar refractivity (Wildman–Crippen MR) is 143 cm³/mol. The molecule has 202 valence electrons. The molecule has 4 amide bonds. The molecule has 2 fully saturated rings. The summed E-state index contributed by atoms with van der Waals surface area (Å²) in [6.45, 7) is 9.82. The zero-order valence-corrected chi connectivity index (χ0v) is 22.0. The number of carbonyl (C=O) groups excluding carboxylic acids is 4. The quantitative estimate of drug-likeness (QED) is 0.279. The molecule has 9 heteroatoms. The number of hydrogen-bond acceptors (Lipinski definition) is 6. The second kappa shape index (κ2) is 12.7. The van der Waals surface area contributed by atoms with Crippen molar-refractivity contribution in [1.29, 1.82) is 0 Å². The Hall–Kier alpha value is -3.72.